The summed E-state index contributed by atoms with van der Waals surface area (Å²) in [4.78, 5) is 32.5. The van der Waals surface area contributed by atoms with Crippen molar-refractivity contribution in [2.24, 2.45) is 0 Å². The Labute approximate surface area is 199 Å². The van der Waals surface area contributed by atoms with Crippen LogP contribution in [0.15, 0.2) is 22.9 Å². The molecule has 2 aromatic rings. The fourth-order valence-electron chi connectivity index (χ4n) is 5.12. The summed E-state index contributed by atoms with van der Waals surface area (Å²) in [6, 6.07) is 5.07. The smallest absolute Gasteiger partial charge is 0.234 e. The van der Waals surface area contributed by atoms with Gasteiger partial charge < -0.3 is 10.6 Å². The molecule has 2 N–H and O–H groups in total. The summed E-state index contributed by atoms with van der Waals surface area (Å²) in [5, 5.41) is 10.3. The van der Waals surface area contributed by atoms with E-state index in [2.05, 4.69) is 57.2 Å². The van der Waals surface area contributed by atoms with Crippen LogP contribution in [0.3, 0.4) is 0 Å². The van der Waals surface area contributed by atoms with Crippen LogP contribution in [0.4, 0.5) is 0 Å². The Hall–Kier alpha value is -1.74. The molecule has 4 rings (SSSR count). The van der Waals surface area contributed by atoms with Gasteiger partial charge in [0.25, 0.3) is 0 Å². The normalized spacial score (nSPS) is 21.1. The summed E-state index contributed by atoms with van der Waals surface area (Å²) in [7, 11) is 0. The van der Waals surface area contributed by atoms with E-state index >= 15 is 0 Å². The third kappa shape index (κ3) is 5.25. The number of carbonyl (C=O) groups excluding carboxylic acids is 2. The van der Waals surface area contributed by atoms with Crippen molar-refractivity contribution in [1.82, 2.24) is 20.4 Å². The van der Waals surface area contributed by atoms with Gasteiger partial charge >= 0.3 is 0 Å². The van der Waals surface area contributed by atoms with Crippen molar-refractivity contribution in [2.45, 2.75) is 51.6 Å². The van der Waals surface area contributed by atoms with E-state index in [1.165, 1.54) is 20.9 Å². The third-order valence-electron chi connectivity index (χ3n) is 6.65. The number of nitrogens with one attached hydrogen (secondary N) is 2. The third-order valence-corrected chi connectivity index (χ3v) is 8.64. The van der Waals surface area contributed by atoms with Crippen molar-refractivity contribution >= 4 is 34.5 Å². The van der Waals surface area contributed by atoms with E-state index in [0.717, 1.165) is 38.8 Å². The van der Waals surface area contributed by atoms with Crippen LogP contribution in [0.5, 0.6) is 0 Å². The van der Waals surface area contributed by atoms with Crippen molar-refractivity contribution in [3.05, 3.63) is 43.8 Å². The molecule has 0 saturated heterocycles. The number of rotatable bonds is 9. The van der Waals surface area contributed by atoms with Gasteiger partial charge in [-0.25, -0.2) is 0 Å². The predicted octanol–water partition coefficient (Wildman–Crippen LogP) is 3.36. The van der Waals surface area contributed by atoms with Crippen LogP contribution < -0.4 is 10.6 Å². The molecular weight excluding hydrogens is 440 g/mol. The van der Waals surface area contributed by atoms with Crippen molar-refractivity contribution in [2.75, 3.05) is 39.3 Å². The maximum Gasteiger partial charge on any atom is 0.234 e. The summed E-state index contributed by atoms with van der Waals surface area (Å²) in [6.07, 6.45) is 4.06. The van der Waals surface area contributed by atoms with E-state index in [-0.39, 0.29) is 11.8 Å². The maximum absolute atomic E-state index is 12.5. The van der Waals surface area contributed by atoms with Crippen molar-refractivity contribution in [3.8, 4) is 0 Å². The number of hydrogen-bond acceptors (Lipinski definition) is 6. The minimum absolute atomic E-state index is 0.0310. The Balaban J connectivity index is 1.17. The Morgan fingerprint density at radius 1 is 0.844 bits per heavy atom. The van der Waals surface area contributed by atoms with Gasteiger partial charge in [0.1, 0.15) is 0 Å². The maximum atomic E-state index is 12.5. The first-order valence-corrected chi connectivity index (χ1v) is 13.5. The van der Waals surface area contributed by atoms with Gasteiger partial charge in [0, 0.05) is 48.0 Å². The fourth-order valence-corrected chi connectivity index (χ4v) is 6.97. The summed E-state index contributed by atoms with van der Waals surface area (Å²) in [5.74, 6) is 0.0619. The van der Waals surface area contributed by atoms with Crippen molar-refractivity contribution < 1.29 is 9.59 Å². The molecule has 0 aromatic carbocycles. The molecule has 0 radical (unpaired) electrons. The summed E-state index contributed by atoms with van der Waals surface area (Å²) in [6.45, 7) is 7.97. The van der Waals surface area contributed by atoms with E-state index < -0.39 is 0 Å². The van der Waals surface area contributed by atoms with Gasteiger partial charge in [0.05, 0.1) is 13.1 Å². The van der Waals surface area contributed by atoms with Crippen LogP contribution >= 0.6 is 22.7 Å². The second kappa shape index (κ2) is 10.9. The lowest BCUT2D eigenvalue weighted by molar-refractivity contribution is -0.124. The van der Waals surface area contributed by atoms with Gasteiger partial charge in [-0.2, -0.15) is 0 Å². The van der Waals surface area contributed by atoms with Gasteiger partial charge in [-0.3, -0.25) is 19.4 Å². The van der Waals surface area contributed by atoms with Crippen LogP contribution in [0.2, 0.25) is 0 Å². The lowest BCUT2D eigenvalue weighted by Gasteiger charge is -2.35. The molecule has 4 heterocycles. The van der Waals surface area contributed by atoms with Crippen LogP contribution in [0.25, 0.3) is 0 Å². The van der Waals surface area contributed by atoms with Gasteiger partial charge in [-0.15, -0.1) is 22.7 Å². The summed E-state index contributed by atoms with van der Waals surface area (Å²) in [5.41, 5.74) is 2.78. The quantitative estimate of drug-likeness (QED) is 0.547. The van der Waals surface area contributed by atoms with E-state index in [9.17, 15) is 9.59 Å². The highest BCUT2D eigenvalue weighted by Crippen LogP contribution is 2.35. The minimum Gasteiger partial charge on any atom is -0.353 e. The molecule has 0 saturated carbocycles. The number of nitrogens with zero attached hydrogens (tertiary/aromatic N) is 2. The summed E-state index contributed by atoms with van der Waals surface area (Å²) >= 11 is 3.65. The van der Waals surface area contributed by atoms with Crippen molar-refractivity contribution in [1.29, 1.82) is 0 Å². The lowest BCUT2D eigenvalue weighted by Crippen LogP contribution is -2.45. The Bertz CT molecular complexity index is 851. The standard InChI is InChI=1S/C24H34N4O2S2/c1-3-19-17-7-13-31-21(17)5-11-27(19)15-23(29)25-9-10-26-24(30)16-28-12-6-22-18(8-14-32-22)20(28)4-2/h7-8,13-14,19-20H,3-6,9-12,15-16H2,1-2H3,(H,25,29)(H,26,30)/t19-,20-/m1/s1. The topological polar surface area (TPSA) is 64.7 Å². The van der Waals surface area contributed by atoms with Gasteiger partial charge in [0.15, 0.2) is 0 Å². The first kappa shape index (κ1) is 23.4. The molecule has 0 bridgehead atoms. The number of thiophene rings is 2. The highest BCUT2D eigenvalue weighted by Gasteiger charge is 2.29. The number of carbonyl (C=O) groups is 2. The predicted molar refractivity (Wildman–Crippen MR) is 131 cm³/mol. The SMILES string of the molecule is CC[C@@H]1c2ccsc2CCN1CC(=O)NCCNC(=O)CN1CCc2sccc2[C@H]1CC. The molecule has 32 heavy (non-hydrogen) atoms. The Morgan fingerprint density at radius 2 is 1.28 bits per heavy atom. The van der Waals surface area contributed by atoms with Crippen LogP contribution in [-0.4, -0.2) is 60.9 Å². The monoisotopic (exact) mass is 474 g/mol. The molecule has 2 aromatic heterocycles. The van der Waals surface area contributed by atoms with Gasteiger partial charge in [0.2, 0.25) is 11.8 Å². The first-order chi connectivity index (χ1) is 15.6. The highest BCUT2D eigenvalue weighted by atomic mass is 32.1. The van der Waals surface area contributed by atoms with E-state index in [1.54, 1.807) is 0 Å². The zero-order valence-electron chi connectivity index (χ0n) is 19.1. The largest absolute Gasteiger partial charge is 0.353 e. The molecule has 0 aliphatic carbocycles. The first-order valence-electron chi connectivity index (χ1n) is 11.7. The molecule has 2 aliphatic heterocycles. The van der Waals surface area contributed by atoms with Crippen LogP contribution in [0.1, 0.15) is 59.7 Å². The molecule has 2 aliphatic rings. The molecule has 2 atom stereocenters. The van der Waals surface area contributed by atoms with E-state index in [1.807, 2.05) is 22.7 Å². The Morgan fingerprint density at radius 3 is 1.69 bits per heavy atom. The highest BCUT2D eigenvalue weighted by molar-refractivity contribution is 7.10. The Kier molecular flexibility index (Phi) is 7.99. The zero-order valence-corrected chi connectivity index (χ0v) is 20.7. The second-order valence-corrected chi connectivity index (χ2v) is 10.6. The van der Waals surface area contributed by atoms with Gasteiger partial charge in [-0.1, -0.05) is 13.8 Å². The molecule has 6 nitrogen and oxygen atoms in total. The van der Waals surface area contributed by atoms with E-state index in [0.29, 0.717) is 38.3 Å². The van der Waals surface area contributed by atoms with Gasteiger partial charge in [-0.05, 0) is 59.7 Å². The molecule has 0 fully saturated rings. The average molecular weight is 475 g/mol. The average Bonchev–Trinajstić information content (AvgIpc) is 3.46. The molecule has 2 amide bonds. The number of amides is 2. The zero-order chi connectivity index (χ0) is 22.5. The second-order valence-electron chi connectivity index (χ2n) is 8.59. The molecule has 174 valence electrons. The summed E-state index contributed by atoms with van der Waals surface area (Å²) < 4.78 is 0. The minimum atomic E-state index is 0.0310. The fraction of sp³-hybridized carbons (Fsp3) is 0.583. The number of fused-ring (bicyclic) bond motifs is 2. The molecule has 0 unspecified atom stereocenters. The molecule has 8 heteroatoms. The molecule has 0 spiro atoms. The lowest BCUT2D eigenvalue weighted by atomic mass is 9.98. The number of hydrogen-bond donors (Lipinski definition) is 2. The molecular formula is C24H34N4O2S2. The van der Waals surface area contributed by atoms with E-state index in [4.69, 9.17) is 0 Å². The van der Waals surface area contributed by atoms with Crippen LogP contribution in [0, 0.1) is 0 Å². The van der Waals surface area contributed by atoms with Crippen molar-refractivity contribution in [3.63, 3.8) is 0 Å². The van der Waals surface area contributed by atoms with Crippen LogP contribution in [-0.2, 0) is 22.4 Å².